The average molecular weight is 297 g/mol. The molecule has 1 aromatic carbocycles. The van der Waals surface area contributed by atoms with E-state index in [-0.39, 0.29) is 17.5 Å². The van der Waals surface area contributed by atoms with Crippen molar-refractivity contribution in [2.45, 2.75) is 57.1 Å². The van der Waals surface area contributed by atoms with E-state index in [1.54, 1.807) is 25.1 Å². The molecule has 1 fully saturated rings. The Balaban J connectivity index is 2.25. The fraction of sp³-hybridized carbons (Fsp3) is 0.600. The van der Waals surface area contributed by atoms with Crippen molar-refractivity contribution in [1.29, 1.82) is 0 Å². The molecule has 2 atom stereocenters. The molecular weight excluding hydrogens is 274 g/mol. The van der Waals surface area contributed by atoms with Crippen LogP contribution in [0.3, 0.4) is 0 Å². The lowest BCUT2D eigenvalue weighted by Gasteiger charge is -2.29. The third kappa shape index (κ3) is 3.40. The average Bonchev–Trinajstić information content (AvgIpc) is 2.41. The number of rotatable bonds is 4. The van der Waals surface area contributed by atoms with Crippen LogP contribution in [0.5, 0.6) is 0 Å². The van der Waals surface area contributed by atoms with Crippen LogP contribution in [-0.4, -0.2) is 19.6 Å². The molecule has 5 heteroatoms. The predicted octanol–water partition coefficient (Wildman–Crippen LogP) is 2.34. The Morgan fingerprint density at radius 1 is 1.30 bits per heavy atom. The zero-order chi connectivity index (χ0) is 14.8. The van der Waals surface area contributed by atoms with Crippen molar-refractivity contribution in [1.82, 2.24) is 4.72 Å². The summed E-state index contributed by atoms with van der Waals surface area (Å²) < 4.78 is 27.9. The highest BCUT2D eigenvalue weighted by atomic mass is 32.2. The number of sulfonamides is 1. The number of hydrogen-bond donors (Lipinski definition) is 2. The van der Waals surface area contributed by atoms with E-state index in [1.807, 2.05) is 0 Å². The maximum absolute atomic E-state index is 12.5. The van der Waals surface area contributed by atoms with E-state index in [9.17, 15) is 8.42 Å². The molecular formula is C15H23NO3S. The van der Waals surface area contributed by atoms with Gasteiger partial charge in [-0.25, -0.2) is 13.1 Å². The van der Waals surface area contributed by atoms with E-state index in [4.69, 9.17) is 5.11 Å². The minimum Gasteiger partial charge on any atom is -0.392 e. The summed E-state index contributed by atoms with van der Waals surface area (Å²) >= 11 is 0. The molecule has 2 unspecified atom stereocenters. The lowest BCUT2D eigenvalue weighted by Crippen LogP contribution is -2.41. The highest BCUT2D eigenvalue weighted by molar-refractivity contribution is 7.89. The van der Waals surface area contributed by atoms with E-state index in [2.05, 4.69) is 11.6 Å². The fourth-order valence-electron chi connectivity index (χ4n) is 2.79. The van der Waals surface area contributed by atoms with Crippen molar-refractivity contribution in [2.75, 3.05) is 0 Å². The summed E-state index contributed by atoms with van der Waals surface area (Å²) in [6.07, 6.45) is 4.23. The number of benzene rings is 1. The summed E-state index contributed by atoms with van der Waals surface area (Å²) in [5.74, 6) is 0.375. The van der Waals surface area contributed by atoms with Gasteiger partial charge in [0.1, 0.15) is 0 Å². The third-order valence-electron chi connectivity index (χ3n) is 4.14. The van der Waals surface area contributed by atoms with Crippen LogP contribution < -0.4 is 4.72 Å². The molecule has 0 saturated heterocycles. The predicted molar refractivity (Wildman–Crippen MR) is 78.8 cm³/mol. The Labute approximate surface area is 121 Å². The van der Waals surface area contributed by atoms with Gasteiger partial charge in [0.2, 0.25) is 10.0 Å². The number of nitrogens with one attached hydrogen (secondary N) is 1. The molecule has 1 aromatic rings. The van der Waals surface area contributed by atoms with Crippen LogP contribution in [0.15, 0.2) is 23.1 Å². The molecule has 0 amide bonds. The quantitative estimate of drug-likeness (QED) is 0.896. The van der Waals surface area contributed by atoms with Gasteiger partial charge in [-0.3, -0.25) is 0 Å². The summed E-state index contributed by atoms with van der Waals surface area (Å²) in [5.41, 5.74) is 1.32. The molecule has 2 rings (SSSR count). The van der Waals surface area contributed by atoms with Gasteiger partial charge in [-0.05, 0) is 42.9 Å². The molecule has 0 radical (unpaired) electrons. The second-order valence-corrected chi connectivity index (χ2v) is 7.43. The Morgan fingerprint density at radius 3 is 2.65 bits per heavy atom. The van der Waals surface area contributed by atoms with E-state index in [0.29, 0.717) is 17.0 Å². The molecule has 4 nitrogen and oxygen atoms in total. The minimum absolute atomic E-state index is 0.0194. The number of hydrogen-bond acceptors (Lipinski definition) is 3. The van der Waals surface area contributed by atoms with Crippen molar-refractivity contribution in [3.8, 4) is 0 Å². The van der Waals surface area contributed by atoms with Crippen LogP contribution in [0.1, 0.15) is 43.7 Å². The van der Waals surface area contributed by atoms with E-state index in [0.717, 1.165) is 19.3 Å². The van der Waals surface area contributed by atoms with Crippen molar-refractivity contribution >= 4 is 10.0 Å². The van der Waals surface area contributed by atoms with Gasteiger partial charge in [-0.15, -0.1) is 0 Å². The van der Waals surface area contributed by atoms with Crippen molar-refractivity contribution in [3.05, 3.63) is 29.3 Å². The molecule has 1 saturated carbocycles. The Hall–Kier alpha value is -0.910. The molecule has 0 aliphatic heterocycles. The number of aryl methyl sites for hydroxylation is 1. The van der Waals surface area contributed by atoms with Crippen LogP contribution in [0.2, 0.25) is 0 Å². The summed E-state index contributed by atoms with van der Waals surface area (Å²) in [6.45, 7) is 3.73. The largest absolute Gasteiger partial charge is 0.392 e. The summed E-state index contributed by atoms with van der Waals surface area (Å²) in [5, 5.41) is 9.17. The van der Waals surface area contributed by atoms with E-state index < -0.39 is 10.0 Å². The Morgan fingerprint density at radius 2 is 2.00 bits per heavy atom. The summed E-state index contributed by atoms with van der Waals surface area (Å²) in [7, 11) is -3.52. The molecule has 0 bridgehead atoms. The van der Waals surface area contributed by atoms with E-state index >= 15 is 0 Å². The first-order chi connectivity index (χ1) is 9.44. The zero-order valence-corrected chi connectivity index (χ0v) is 12.9. The molecule has 1 aliphatic carbocycles. The molecule has 112 valence electrons. The van der Waals surface area contributed by atoms with Crippen LogP contribution in [0.25, 0.3) is 0 Å². The van der Waals surface area contributed by atoms with Crippen molar-refractivity contribution in [3.63, 3.8) is 0 Å². The van der Waals surface area contributed by atoms with Crippen molar-refractivity contribution < 1.29 is 13.5 Å². The van der Waals surface area contributed by atoms with Gasteiger partial charge in [0, 0.05) is 6.04 Å². The topological polar surface area (TPSA) is 66.4 Å². The summed E-state index contributed by atoms with van der Waals surface area (Å²) in [4.78, 5) is 0.279. The van der Waals surface area contributed by atoms with Gasteiger partial charge >= 0.3 is 0 Å². The monoisotopic (exact) mass is 297 g/mol. The van der Waals surface area contributed by atoms with Crippen LogP contribution in [0, 0.1) is 12.8 Å². The second kappa shape index (κ2) is 6.24. The van der Waals surface area contributed by atoms with Crippen LogP contribution in [-0.2, 0) is 16.6 Å². The molecule has 1 aliphatic rings. The van der Waals surface area contributed by atoms with Crippen LogP contribution in [0.4, 0.5) is 0 Å². The third-order valence-corrected chi connectivity index (χ3v) is 5.77. The number of aliphatic hydroxyl groups excluding tert-OH is 1. The summed E-state index contributed by atoms with van der Waals surface area (Å²) in [6, 6.07) is 5.07. The SMILES string of the molecule is Cc1ccc(CO)cc1S(=O)(=O)NC1CCCCC1C. The Kier molecular flexibility index (Phi) is 4.83. The van der Waals surface area contributed by atoms with Gasteiger partial charge in [0.15, 0.2) is 0 Å². The Bertz CT molecular complexity index is 568. The normalized spacial score (nSPS) is 23.8. The van der Waals surface area contributed by atoms with Crippen molar-refractivity contribution in [2.24, 2.45) is 5.92 Å². The number of aliphatic hydroxyl groups is 1. The van der Waals surface area contributed by atoms with Gasteiger partial charge in [-0.1, -0.05) is 31.9 Å². The highest BCUT2D eigenvalue weighted by Crippen LogP contribution is 2.26. The van der Waals surface area contributed by atoms with Gasteiger partial charge in [0.25, 0.3) is 0 Å². The fourth-order valence-corrected chi connectivity index (χ4v) is 4.46. The molecule has 0 heterocycles. The maximum Gasteiger partial charge on any atom is 0.241 e. The first-order valence-electron chi connectivity index (χ1n) is 7.17. The lowest BCUT2D eigenvalue weighted by molar-refractivity contribution is 0.281. The first kappa shape index (κ1) is 15.5. The second-order valence-electron chi connectivity index (χ2n) is 5.75. The minimum atomic E-state index is -3.52. The lowest BCUT2D eigenvalue weighted by atomic mass is 9.87. The van der Waals surface area contributed by atoms with Crippen LogP contribution >= 0.6 is 0 Å². The zero-order valence-electron chi connectivity index (χ0n) is 12.1. The molecule has 20 heavy (non-hydrogen) atoms. The standard InChI is InChI=1S/C15H23NO3S/c1-11-5-3-4-6-14(11)16-20(18,19)15-9-13(10-17)8-7-12(15)2/h7-9,11,14,16-17H,3-6,10H2,1-2H3. The maximum atomic E-state index is 12.5. The van der Waals surface area contributed by atoms with E-state index in [1.165, 1.54) is 6.42 Å². The van der Waals surface area contributed by atoms with Gasteiger partial charge < -0.3 is 5.11 Å². The molecule has 0 spiro atoms. The first-order valence-corrected chi connectivity index (χ1v) is 8.65. The molecule has 2 N–H and O–H groups in total. The van der Waals surface area contributed by atoms with Gasteiger partial charge in [-0.2, -0.15) is 0 Å². The van der Waals surface area contributed by atoms with Gasteiger partial charge in [0.05, 0.1) is 11.5 Å². The highest BCUT2D eigenvalue weighted by Gasteiger charge is 2.27. The smallest absolute Gasteiger partial charge is 0.241 e. The molecule has 0 aromatic heterocycles.